The summed E-state index contributed by atoms with van der Waals surface area (Å²) in [6, 6.07) is 1.64. The van der Waals surface area contributed by atoms with Gasteiger partial charge in [-0.2, -0.15) is 0 Å². The standard InChI is InChI=1S/C11H13N3OS2/c1-6-5-13-11(17-6)7(2)14-10(15)9-8(12)3-4-16-9/h3-5,7H,12H2,1-2H3,(H,14,15). The van der Waals surface area contributed by atoms with E-state index < -0.39 is 0 Å². The van der Waals surface area contributed by atoms with E-state index in [1.165, 1.54) is 11.3 Å². The lowest BCUT2D eigenvalue weighted by atomic mass is 10.3. The summed E-state index contributed by atoms with van der Waals surface area (Å²) in [6.45, 7) is 3.91. The summed E-state index contributed by atoms with van der Waals surface area (Å²) < 4.78 is 0. The Kier molecular flexibility index (Phi) is 3.44. The number of hydrogen-bond acceptors (Lipinski definition) is 5. The predicted molar refractivity (Wildman–Crippen MR) is 71.5 cm³/mol. The first-order valence-corrected chi connectivity index (χ1v) is 6.83. The maximum atomic E-state index is 11.9. The van der Waals surface area contributed by atoms with Crippen LogP contribution >= 0.6 is 22.7 Å². The molecule has 2 rings (SSSR count). The number of anilines is 1. The van der Waals surface area contributed by atoms with E-state index in [0.29, 0.717) is 10.6 Å². The summed E-state index contributed by atoms with van der Waals surface area (Å²) in [5.41, 5.74) is 6.22. The molecule has 2 aromatic heterocycles. The molecular formula is C11H13N3OS2. The number of thiazole rings is 1. The van der Waals surface area contributed by atoms with Gasteiger partial charge in [-0.3, -0.25) is 4.79 Å². The molecule has 0 spiro atoms. The quantitative estimate of drug-likeness (QED) is 0.898. The van der Waals surface area contributed by atoms with Gasteiger partial charge in [-0.15, -0.1) is 22.7 Å². The van der Waals surface area contributed by atoms with Gasteiger partial charge >= 0.3 is 0 Å². The molecule has 0 fully saturated rings. The van der Waals surface area contributed by atoms with Gasteiger partial charge in [0.05, 0.1) is 11.7 Å². The van der Waals surface area contributed by atoms with Gasteiger partial charge in [-0.1, -0.05) is 0 Å². The molecule has 0 saturated carbocycles. The van der Waals surface area contributed by atoms with E-state index in [1.54, 1.807) is 17.4 Å². The molecule has 1 unspecified atom stereocenters. The van der Waals surface area contributed by atoms with E-state index in [2.05, 4.69) is 10.3 Å². The van der Waals surface area contributed by atoms with Crippen LogP contribution < -0.4 is 11.1 Å². The van der Waals surface area contributed by atoms with E-state index >= 15 is 0 Å². The first-order valence-electron chi connectivity index (χ1n) is 5.14. The number of carbonyl (C=O) groups excluding carboxylic acids is 1. The Morgan fingerprint density at radius 3 is 2.88 bits per heavy atom. The average molecular weight is 267 g/mol. The number of hydrogen-bond donors (Lipinski definition) is 2. The van der Waals surface area contributed by atoms with Crippen molar-refractivity contribution in [3.05, 3.63) is 32.4 Å². The average Bonchev–Trinajstić information content (AvgIpc) is 2.86. The van der Waals surface area contributed by atoms with Crippen LogP contribution in [-0.2, 0) is 0 Å². The van der Waals surface area contributed by atoms with Crippen LogP contribution in [0.25, 0.3) is 0 Å². The molecule has 2 aromatic rings. The number of thiophene rings is 1. The Morgan fingerprint density at radius 2 is 2.35 bits per heavy atom. The number of carbonyl (C=O) groups is 1. The fraction of sp³-hybridized carbons (Fsp3) is 0.273. The fourth-order valence-corrected chi connectivity index (χ4v) is 2.90. The Bertz CT molecular complexity index is 532. The summed E-state index contributed by atoms with van der Waals surface area (Å²) in [7, 11) is 0. The SMILES string of the molecule is Cc1cnc(C(C)NC(=O)c2sccc2N)s1. The van der Waals surface area contributed by atoms with Crippen LogP contribution in [0.5, 0.6) is 0 Å². The number of amides is 1. The molecule has 1 atom stereocenters. The lowest BCUT2D eigenvalue weighted by molar-refractivity contribution is 0.0945. The molecule has 17 heavy (non-hydrogen) atoms. The third kappa shape index (κ3) is 2.65. The zero-order valence-corrected chi connectivity index (χ0v) is 11.2. The van der Waals surface area contributed by atoms with Crippen molar-refractivity contribution in [2.24, 2.45) is 0 Å². The topological polar surface area (TPSA) is 68.0 Å². The molecule has 90 valence electrons. The molecule has 0 aliphatic heterocycles. The zero-order chi connectivity index (χ0) is 12.4. The molecular weight excluding hydrogens is 254 g/mol. The Labute approximate surface area is 107 Å². The number of aromatic nitrogens is 1. The van der Waals surface area contributed by atoms with E-state index in [-0.39, 0.29) is 11.9 Å². The van der Waals surface area contributed by atoms with Crippen molar-refractivity contribution in [2.45, 2.75) is 19.9 Å². The second kappa shape index (κ2) is 4.85. The van der Waals surface area contributed by atoms with E-state index in [4.69, 9.17) is 5.73 Å². The summed E-state index contributed by atoms with van der Waals surface area (Å²) in [5, 5.41) is 5.61. The van der Waals surface area contributed by atoms with Crippen LogP contribution in [0.3, 0.4) is 0 Å². The number of nitrogens with zero attached hydrogens (tertiary/aromatic N) is 1. The highest BCUT2D eigenvalue weighted by Gasteiger charge is 2.16. The highest BCUT2D eigenvalue weighted by atomic mass is 32.1. The molecule has 4 nitrogen and oxygen atoms in total. The molecule has 6 heteroatoms. The Balaban J connectivity index is 2.07. The van der Waals surface area contributed by atoms with Gasteiger partial charge in [-0.25, -0.2) is 4.98 Å². The highest BCUT2D eigenvalue weighted by molar-refractivity contribution is 7.12. The molecule has 0 bridgehead atoms. The number of nitrogens with one attached hydrogen (secondary N) is 1. The van der Waals surface area contributed by atoms with Gasteiger partial charge in [0.1, 0.15) is 9.88 Å². The lowest BCUT2D eigenvalue weighted by Crippen LogP contribution is -2.26. The van der Waals surface area contributed by atoms with Crippen molar-refractivity contribution in [3.63, 3.8) is 0 Å². The molecule has 0 aliphatic rings. The smallest absolute Gasteiger partial charge is 0.264 e. The van der Waals surface area contributed by atoms with Gasteiger partial charge in [0.15, 0.2) is 0 Å². The molecule has 0 saturated heterocycles. The van der Waals surface area contributed by atoms with Gasteiger partial charge in [0, 0.05) is 11.1 Å². The fourth-order valence-electron chi connectivity index (χ4n) is 1.40. The highest BCUT2D eigenvalue weighted by Crippen LogP contribution is 2.22. The van der Waals surface area contributed by atoms with Crippen molar-refractivity contribution >= 4 is 34.3 Å². The molecule has 0 radical (unpaired) electrons. The van der Waals surface area contributed by atoms with Crippen LogP contribution in [0.4, 0.5) is 5.69 Å². The van der Waals surface area contributed by atoms with Crippen molar-refractivity contribution in [2.75, 3.05) is 5.73 Å². The Hall–Kier alpha value is -1.40. The number of aryl methyl sites for hydroxylation is 1. The lowest BCUT2D eigenvalue weighted by Gasteiger charge is -2.10. The number of nitrogen functional groups attached to an aromatic ring is 1. The summed E-state index contributed by atoms with van der Waals surface area (Å²) in [5.74, 6) is -0.141. The first-order chi connectivity index (χ1) is 8.08. The normalized spacial score (nSPS) is 12.4. The minimum Gasteiger partial charge on any atom is -0.397 e. The monoisotopic (exact) mass is 267 g/mol. The molecule has 2 heterocycles. The van der Waals surface area contributed by atoms with Crippen LogP contribution in [0, 0.1) is 6.92 Å². The second-order valence-corrected chi connectivity index (χ2v) is 5.89. The van der Waals surface area contributed by atoms with Gasteiger partial charge in [0.2, 0.25) is 0 Å². The molecule has 0 aliphatic carbocycles. The van der Waals surface area contributed by atoms with Crippen LogP contribution in [0.1, 0.15) is 32.5 Å². The van der Waals surface area contributed by atoms with Crippen LogP contribution in [-0.4, -0.2) is 10.9 Å². The maximum absolute atomic E-state index is 11.9. The first kappa shape index (κ1) is 12.1. The Morgan fingerprint density at radius 1 is 1.59 bits per heavy atom. The second-order valence-electron chi connectivity index (χ2n) is 3.71. The van der Waals surface area contributed by atoms with Gasteiger partial charge in [0.25, 0.3) is 5.91 Å². The zero-order valence-electron chi connectivity index (χ0n) is 9.56. The largest absolute Gasteiger partial charge is 0.397 e. The summed E-state index contributed by atoms with van der Waals surface area (Å²) >= 11 is 2.93. The van der Waals surface area contributed by atoms with Crippen LogP contribution in [0.2, 0.25) is 0 Å². The van der Waals surface area contributed by atoms with Gasteiger partial charge < -0.3 is 11.1 Å². The third-order valence-corrected chi connectivity index (χ3v) is 4.28. The molecule has 0 aromatic carbocycles. The predicted octanol–water partition coefficient (Wildman–Crippen LogP) is 2.59. The minimum atomic E-state index is -0.141. The summed E-state index contributed by atoms with van der Waals surface area (Å²) in [6.07, 6.45) is 1.81. The summed E-state index contributed by atoms with van der Waals surface area (Å²) in [4.78, 5) is 17.9. The number of nitrogens with two attached hydrogens (primary N) is 1. The van der Waals surface area contributed by atoms with Crippen molar-refractivity contribution in [1.82, 2.24) is 10.3 Å². The van der Waals surface area contributed by atoms with E-state index in [9.17, 15) is 4.79 Å². The van der Waals surface area contributed by atoms with Crippen molar-refractivity contribution < 1.29 is 4.79 Å². The van der Waals surface area contributed by atoms with Crippen molar-refractivity contribution in [3.8, 4) is 0 Å². The van der Waals surface area contributed by atoms with E-state index in [0.717, 1.165) is 9.88 Å². The molecule has 1 amide bonds. The number of rotatable bonds is 3. The van der Waals surface area contributed by atoms with E-state index in [1.807, 2.05) is 25.4 Å². The van der Waals surface area contributed by atoms with Gasteiger partial charge in [-0.05, 0) is 25.3 Å². The molecule has 3 N–H and O–H groups in total. The van der Waals surface area contributed by atoms with Crippen LogP contribution in [0.15, 0.2) is 17.6 Å². The van der Waals surface area contributed by atoms with Crippen molar-refractivity contribution in [1.29, 1.82) is 0 Å². The minimum absolute atomic E-state index is 0.0947. The maximum Gasteiger partial charge on any atom is 0.264 e. The third-order valence-electron chi connectivity index (χ3n) is 2.26.